The first-order chi connectivity index (χ1) is 7.91. The van der Waals surface area contributed by atoms with E-state index in [-0.39, 0.29) is 5.41 Å². The molecule has 0 aliphatic heterocycles. The van der Waals surface area contributed by atoms with E-state index >= 15 is 0 Å². The molecule has 0 amide bonds. The average Bonchev–Trinajstić information content (AvgIpc) is 2.26. The number of hydrogen-bond donors (Lipinski definition) is 1. The zero-order valence-electron chi connectivity index (χ0n) is 12.5. The molecule has 0 radical (unpaired) electrons. The van der Waals surface area contributed by atoms with Gasteiger partial charge < -0.3 is 15.4 Å². The highest BCUT2D eigenvalue weighted by Gasteiger charge is 2.18. The largest absolute Gasteiger partial charge is 0.380 e. The van der Waals surface area contributed by atoms with E-state index in [1.165, 1.54) is 0 Å². The predicted octanol–water partition coefficient (Wildman–Crippen LogP) is 2.36. The molecule has 0 aliphatic rings. The first-order valence-corrected chi connectivity index (χ1v) is 6.91. The molecule has 0 saturated heterocycles. The maximum absolute atomic E-state index is 5.76. The van der Waals surface area contributed by atoms with E-state index in [9.17, 15) is 0 Å². The summed E-state index contributed by atoms with van der Waals surface area (Å²) in [6, 6.07) is 0. The Labute approximate surface area is 108 Å². The second kappa shape index (κ2) is 8.90. The molecule has 0 fully saturated rings. The Hall–Kier alpha value is -0.120. The van der Waals surface area contributed by atoms with Gasteiger partial charge in [0.15, 0.2) is 0 Å². The zero-order chi connectivity index (χ0) is 13.3. The fourth-order valence-corrected chi connectivity index (χ4v) is 1.63. The molecule has 2 N–H and O–H groups in total. The number of nitrogens with two attached hydrogens (primary N) is 1. The molecule has 0 aliphatic carbocycles. The van der Waals surface area contributed by atoms with Crippen LogP contribution in [0.3, 0.4) is 0 Å². The Morgan fingerprint density at radius 3 is 2.35 bits per heavy atom. The summed E-state index contributed by atoms with van der Waals surface area (Å²) in [5, 5.41) is 0. The van der Waals surface area contributed by atoms with Crippen LogP contribution in [0.5, 0.6) is 0 Å². The van der Waals surface area contributed by atoms with Gasteiger partial charge in [-0.25, -0.2) is 0 Å². The lowest BCUT2D eigenvalue weighted by Gasteiger charge is -2.30. The third-order valence-electron chi connectivity index (χ3n) is 3.04. The maximum atomic E-state index is 5.76. The molecule has 3 nitrogen and oxygen atoms in total. The monoisotopic (exact) mass is 244 g/mol. The van der Waals surface area contributed by atoms with Gasteiger partial charge in [-0.1, -0.05) is 34.6 Å². The molecule has 3 heteroatoms. The molecule has 0 spiro atoms. The summed E-state index contributed by atoms with van der Waals surface area (Å²) in [7, 11) is 0. The van der Waals surface area contributed by atoms with E-state index in [1.54, 1.807) is 0 Å². The van der Waals surface area contributed by atoms with Gasteiger partial charge in [-0.05, 0) is 30.8 Å². The van der Waals surface area contributed by atoms with Crippen LogP contribution >= 0.6 is 0 Å². The van der Waals surface area contributed by atoms with Crippen molar-refractivity contribution in [2.24, 2.45) is 17.1 Å². The lowest BCUT2D eigenvalue weighted by Crippen LogP contribution is -2.40. The second-order valence-electron chi connectivity index (χ2n) is 6.03. The molecule has 0 unspecified atom stereocenters. The number of nitrogens with zero attached hydrogens (tertiary/aromatic N) is 1. The number of hydrogen-bond acceptors (Lipinski definition) is 3. The molecule has 0 saturated carbocycles. The van der Waals surface area contributed by atoms with Gasteiger partial charge in [0, 0.05) is 19.7 Å². The van der Waals surface area contributed by atoms with Crippen LogP contribution in [0.2, 0.25) is 0 Å². The normalized spacial score (nSPS) is 12.7. The van der Waals surface area contributed by atoms with Gasteiger partial charge in [-0.2, -0.15) is 0 Å². The highest BCUT2D eigenvalue weighted by atomic mass is 16.5. The summed E-state index contributed by atoms with van der Waals surface area (Å²) in [6.07, 6.45) is 1.15. The Bertz CT molecular complexity index is 181. The predicted molar refractivity (Wildman–Crippen MR) is 75.2 cm³/mol. The smallest absolute Gasteiger partial charge is 0.0593 e. The minimum absolute atomic E-state index is 0.202. The molecule has 0 aromatic carbocycles. The third-order valence-corrected chi connectivity index (χ3v) is 3.04. The fraction of sp³-hybridized carbons (Fsp3) is 1.00. The van der Waals surface area contributed by atoms with E-state index in [4.69, 9.17) is 10.5 Å². The molecule has 0 aromatic heterocycles. The van der Waals surface area contributed by atoms with Crippen LogP contribution < -0.4 is 5.73 Å². The van der Waals surface area contributed by atoms with Gasteiger partial charge in [0.1, 0.15) is 0 Å². The highest BCUT2D eigenvalue weighted by Crippen LogP contribution is 2.14. The van der Waals surface area contributed by atoms with E-state index in [1.807, 2.05) is 0 Å². The van der Waals surface area contributed by atoms with Crippen molar-refractivity contribution in [2.45, 2.75) is 41.0 Å². The molecule has 104 valence electrons. The summed E-state index contributed by atoms with van der Waals surface area (Å²) in [5.41, 5.74) is 5.96. The summed E-state index contributed by atoms with van der Waals surface area (Å²) < 4.78 is 5.65. The summed E-state index contributed by atoms with van der Waals surface area (Å²) in [5.74, 6) is 0.730. The molecule has 0 atom stereocenters. The lowest BCUT2D eigenvalue weighted by atomic mass is 9.93. The Morgan fingerprint density at radius 2 is 1.88 bits per heavy atom. The van der Waals surface area contributed by atoms with Gasteiger partial charge in [0.2, 0.25) is 0 Å². The van der Waals surface area contributed by atoms with Crippen LogP contribution in [-0.4, -0.2) is 44.3 Å². The van der Waals surface area contributed by atoms with Crippen molar-refractivity contribution in [3.8, 4) is 0 Å². The zero-order valence-corrected chi connectivity index (χ0v) is 12.5. The topological polar surface area (TPSA) is 38.5 Å². The maximum Gasteiger partial charge on any atom is 0.0593 e. The second-order valence-corrected chi connectivity index (χ2v) is 6.03. The Kier molecular flexibility index (Phi) is 8.83. The van der Waals surface area contributed by atoms with Gasteiger partial charge in [-0.3, -0.25) is 0 Å². The quantitative estimate of drug-likeness (QED) is 0.600. The standard InChI is InChI=1S/C14H32N2O/c1-6-16(12-14(4,5)11-15)8-10-17-9-7-13(2)3/h13H,6-12,15H2,1-5H3. The van der Waals surface area contributed by atoms with Crippen LogP contribution in [0.15, 0.2) is 0 Å². The SMILES string of the molecule is CCN(CCOCCC(C)C)CC(C)(C)CN. The van der Waals surface area contributed by atoms with Crippen molar-refractivity contribution < 1.29 is 4.74 Å². The van der Waals surface area contributed by atoms with E-state index in [0.29, 0.717) is 0 Å². The lowest BCUT2D eigenvalue weighted by molar-refractivity contribution is 0.0850. The van der Waals surface area contributed by atoms with E-state index < -0.39 is 0 Å². The summed E-state index contributed by atoms with van der Waals surface area (Å²) >= 11 is 0. The van der Waals surface area contributed by atoms with Gasteiger partial charge in [0.05, 0.1) is 6.61 Å². The molecule has 0 aromatic rings. The van der Waals surface area contributed by atoms with Crippen LogP contribution in [0.4, 0.5) is 0 Å². The van der Waals surface area contributed by atoms with Crippen molar-refractivity contribution in [3.05, 3.63) is 0 Å². The molecule has 0 bridgehead atoms. The summed E-state index contributed by atoms with van der Waals surface area (Å²) in [4.78, 5) is 2.42. The third kappa shape index (κ3) is 9.57. The van der Waals surface area contributed by atoms with Crippen LogP contribution in [0.25, 0.3) is 0 Å². The minimum Gasteiger partial charge on any atom is -0.380 e. The van der Waals surface area contributed by atoms with Crippen LogP contribution in [0.1, 0.15) is 41.0 Å². The van der Waals surface area contributed by atoms with Crippen LogP contribution in [-0.2, 0) is 4.74 Å². The van der Waals surface area contributed by atoms with Crippen molar-refractivity contribution in [3.63, 3.8) is 0 Å². The Morgan fingerprint density at radius 1 is 1.24 bits per heavy atom. The molecular formula is C14H32N2O. The van der Waals surface area contributed by atoms with Crippen molar-refractivity contribution in [1.82, 2.24) is 4.90 Å². The van der Waals surface area contributed by atoms with Crippen molar-refractivity contribution in [2.75, 3.05) is 39.4 Å². The first kappa shape index (κ1) is 16.9. The first-order valence-electron chi connectivity index (χ1n) is 6.91. The minimum atomic E-state index is 0.202. The van der Waals surface area contributed by atoms with E-state index in [0.717, 1.165) is 51.7 Å². The molecule has 0 rings (SSSR count). The fourth-order valence-electron chi connectivity index (χ4n) is 1.63. The van der Waals surface area contributed by atoms with Gasteiger partial charge in [0.25, 0.3) is 0 Å². The van der Waals surface area contributed by atoms with Crippen molar-refractivity contribution in [1.29, 1.82) is 0 Å². The van der Waals surface area contributed by atoms with Gasteiger partial charge in [-0.15, -0.1) is 0 Å². The number of rotatable bonds is 10. The average molecular weight is 244 g/mol. The molecule has 0 heterocycles. The Balaban J connectivity index is 3.68. The number of likely N-dealkylation sites (N-methyl/N-ethyl adjacent to an activating group) is 1. The highest BCUT2D eigenvalue weighted by molar-refractivity contribution is 4.74. The molecule has 17 heavy (non-hydrogen) atoms. The van der Waals surface area contributed by atoms with Crippen molar-refractivity contribution >= 4 is 0 Å². The molecular weight excluding hydrogens is 212 g/mol. The summed E-state index contributed by atoms with van der Waals surface area (Å²) in [6.45, 7) is 16.7. The van der Waals surface area contributed by atoms with E-state index in [2.05, 4.69) is 39.5 Å². The van der Waals surface area contributed by atoms with Crippen LogP contribution in [0, 0.1) is 11.3 Å². The number of ether oxygens (including phenoxy) is 1. The van der Waals surface area contributed by atoms with Gasteiger partial charge >= 0.3 is 0 Å².